The molecule has 0 heterocycles. The van der Waals surface area contributed by atoms with E-state index in [9.17, 15) is 8.78 Å². The fraction of sp³-hybridized carbons (Fsp3) is 1.00. The van der Waals surface area contributed by atoms with Crippen molar-refractivity contribution in [3.8, 4) is 0 Å². The zero-order valence-electron chi connectivity index (χ0n) is 6.01. The van der Waals surface area contributed by atoms with Crippen molar-refractivity contribution < 1.29 is 29.2 Å². The maximum Gasteiger partial charge on any atom is 0.162 e. The smallest absolute Gasteiger partial charge is 0.162 e. The van der Waals surface area contributed by atoms with Crippen LogP contribution in [0.1, 0.15) is 0 Å². The van der Waals surface area contributed by atoms with E-state index in [2.05, 4.69) is 0 Å². The van der Waals surface area contributed by atoms with Crippen molar-refractivity contribution in [2.24, 2.45) is 0 Å². The van der Waals surface area contributed by atoms with Crippen molar-refractivity contribution in [3.63, 3.8) is 0 Å². The highest BCUT2D eigenvalue weighted by Crippen LogP contribution is 2.25. The van der Waals surface area contributed by atoms with Gasteiger partial charge in [-0.05, 0) is 0 Å². The molecule has 12 heavy (non-hydrogen) atoms. The summed E-state index contributed by atoms with van der Waals surface area (Å²) in [7, 11) is 0. The maximum absolute atomic E-state index is 12.6. The largest absolute Gasteiger partial charge is 0.387 e. The molecule has 1 aliphatic rings. The molecule has 4 nitrogen and oxygen atoms in total. The van der Waals surface area contributed by atoms with Gasteiger partial charge in [-0.3, -0.25) is 0 Å². The summed E-state index contributed by atoms with van der Waals surface area (Å²) in [4.78, 5) is 0. The molecule has 1 rings (SSSR count). The molecular weight excluding hydrogens is 174 g/mol. The first-order valence-corrected chi connectivity index (χ1v) is 3.47. The van der Waals surface area contributed by atoms with Crippen LogP contribution in [0, 0.1) is 0 Å². The Hall–Kier alpha value is -0.300. The summed E-state index contributed by atoms with van der Waals surface area (Å²) in [6.45, 7) is 0. The van der Waals surface area contributed by atoms with Crippen LogP contribution in [0.3, 0.4) is 0 Å². The van der Waals surface area contributed by atoms with E-state index >= 15 is 0 Å². The summed E-state index contributed by atoms with van der Waals surface area (Å²) >= 11 is 0. The molecule has 6 atom stereocenters. The van der Waals surface area contributed by atoms with Gasteiger partial charge in [-0.2, -0.15) is 0 Å². The number of aliphatic hydroxyl groups excluding tert-OH is 4. The van der Waals surface area contributed by atoms with Gasteiger partial charge in [0.15, 0.2) is 12.3 Å². The lowest BCUT2D eigenvalue weighted by Gasteiger charge is -2.36. The highest BCUT2D eigenvalue weighted by molar-refractivity contribution is 4.98. The fourth-order valence-electron chi connectivity index (χ4n) is 1.16. The minimum absolute atomic E-state index is 1.85. The quantitative estimate of drug-likeness (QED) is 0.355. The first-order valence-electron chi connectivity index (χ1n) is 3.47. The van der Waals surface area contributed by atoms with Gasteiger partial charge < -0.3 is 20.4 Å². The monoisotopic (exact) mass is 184 g/mol. The molecule has 4 N–H and O–H groups in total. The summed E-state index contributed by atoms with van der Waals surface area (Å²) in [6.07, 6.45) is -12.4. The Balaban J connectivity index is 2.76. The summed E-state index contributed by atoms with van der Waals surface area (Å²) < 4.78 is 25.2. The summed E-state index contributed by atoms with van der Waals surface area (Å²) in [5.74, 6) is 0. The predicted molar refractivity (Wildman–Crippen MR) is 33.8 cm³/mol. The van der Waals surface area contributed by atoms with E-state index in [1.54, 1.807) is 0 Å². The van der Waals surface area contributed by atoms with Gasteiger partial charge in [-0.25, -0.2) is 8.78 Å². The Morgan fingerprint density at radius 2 is 0.833 bits per heavy atom. The van der Waals surface area contributed by atoms with E-state index in [-0.39, 0.29) is 0 Å². The molecule has 0 aromatic heterocycles. The molecule has 0 amide bonds. The fourth-order valence-corrected chi connectivity index (χ4v) is 1.16. The van der Waals surface area contributed by atoms with Gasteiger partial charge >= 0.3 is 0 Å². The average molecular weight is 184 g/mol. The lowest BCUT2D eigenvalue weighted by Crippen LogP contribution is -2.60. The molecule has 72 valence electrons. The normalized spacial score (nSPS) is 55.5. The molecule has 0 aliphatic heterocycles. The summed E-state index contributed by atoms with van der Waals surface area (Å²) in [5, 5.41) is 35.2. The van der Waals surface area contributed by atoms with Crippen LogP contribution < -0.4 is 0 Å². The van der Waals surface area contributed by atoms with Gasteiger partial charge in [-0.15, -0.1) is 0 Å². The molecule has 0 bridgehead atoms. The van der Waals surface area contributed by atoms with Crippen molar-refractivity contribution in [1.82, 2.24) is 0 Å². The van der Waals surface area contributed by atoms with Gasteiger partial charge in [-0.1, -0.05) is 0 Å². The maximum atomic E-state index is 12.6. The Bertz CT molecular complexity index is 109. The number of hydrogen-bond acceptors (Lipinski definition) is 4. The molecule has 0 aromatic rings. The van der Waals surface area contributed by atoms with Crippen LogP contribution in [0.15, 0.2) is 0 Å². The van der Waals surface area contributed by atoms with Crippen molar-refractivity contribution in [1.29, 1.82) is 0 Å². The molecule has 2 unspecified atom stereocenters. The molecule has 0 spiro atoms. The SMILES string of the molecule is O[C@H]1[C@H](O)[C@H](O)C(F)C(F)[C@H]1O. The van der Waals surface area contributed by atoms with E-state index in [4.69, 9.17) is 20.4 Å². The molecule has 1 saturated carbocycles. The molecule has 6 heteroatoms. The molecule has 0 aromatic carbocycles. The first-order chi connectivity index (χ1) is 5.46. The first kappa shape index (κ1) is 9.79. The minimum atomic E-state index is -2.36. The van der Waals surface area contributed by atoms with Gasteiger partial charge in [0, 0.05) is 0 Å². The number of hydrogen-bond donors (Lipinski definition) is 4. The van der Waals surface area contributed by atoms with E-state index in [0.717, 1.165) is 0 Å². The van der Waals surface area contributed by atoms with Crippen LogP contribution in [-0.2, 0) is 0 Å². The second-order valence-electron chi connectivity index (χ2n) is 2.85. The van der Waals surface area contributed by atoms with Crippen LogP contribution in [0.25, 0.3) is 0 Å². The van der Waals surface area contributed by atoms with Gasteiger partial charge in [0.05, 0.1) is 0 Å². The second kappa shape index (κ2) is 3.21. The third-order valence-corrected chi connectivity index (χ3v) is 2.01. The highest BCUT2D eigenvalue weighted by Gasteiger charge is 2.49. The van der Waals surface area contributed by atoms with Crippen molar-refractivity contribution in [3.05, 3.63) is 0 Å². The number of aliphatic hydroxyl groups is 4. The van der Waals surface area contributed by atoms with Gasteiger partial charge in [0.1, 0.15) is 24.4 Å². The third kappa shape index (κ3) is 1.31. The van der Waals surface area contributed by atoms with Crippen LogP contribution in [0.4, 0.5) is 8.78 Å². The molecule has 0 saturated heterocycles. The minimum Gasteiger partial charge on any atom is -0.387 e. The van der Waals surface area contributed by atoms with Crippen LogP contribution >= 0.6 is 0 Å². The van der Waals surface area contributed by atoms with Crippen LogP contribution in [-0.4, -0.2) is 57.2 Å². The zero-order valence-corrected chi connectivity index (χ0v) is 6.01. The van der Waals surface area contributed by atoms with E-state index in [1.807, 2.05) is 0 Å². The predicted octanol–water partition coefficient (Wildman–Crippen LogP) is -1.88. The molecule has 0 radical (unpaired) electrons. The van der Waals surface area contributed by atoms with Crippen molar-refractivity contribution in [2.45, 2.75) is 36.8 Å². The number of halogens is 2. The molecule has 1 aliphatic carbocycles. The topological polar surface area (TPSA) is 80.9 Å². The third-order valence-electron chi connectivity index (χ3n) is 2.01. The molecular formula is C6H10F2O4. The van der Waals surface area contributed by atoms with Gasteiger partial charge in [0.25, 0.3) is 0 Å². The average Bonchev–Trinajstić information content (AvgIpc) is 2.08. The van der Waals surface area contributed by atoms with E-state index < -0.39 is 36.8 Å². The van der Waals surface area contributed by atoms with E-state index in [0.29, 0.717) is 0 Å². The summed E-state index contributed by atoms with van der Waals surface area (Å²) in [6, 6.07) is 0. The molecule has 1 fully saturated rings. The standard InChI is InChI=1S/C6H10F2O4/c7-1-2(8)4(10)6(12)5(11)3(1)9/h1-6,9-12H/t1?,2?,3-,4-,5-,6-/m1/s1. The Morgan fingerprint density at radius 1 is 0.583 bits per heavy atom. The Kier molecular flexibility index (Phi) is 2.62. The lowest BCUT2D eigenvalue weighted by molar-refractivity contribution is -0.190. The van der Waals surface area contributed by atoms with E-state index in [1.165, 1.54) is 0 Å². The number of alkyl halides is 2. The van der Waals surface area contributed by atoms with Crippen molar-refractivity contribution in [2.75, 3.05) is 0 Å². The van der Waals surface area contributed by atoms with Crippen LogP contribution in [0.2, 0.25) is 0 Å². The summed E-state index contributed by atoms with van der Waals surface area (Å²) in [5.41, 5.74) is 0. The van der Waals surface area contributed by atoms with Crippen molar-refractivity contribution >= 4 is 0 Å². The Morgan fingerprint density at radius 3 is 1.08 bits per heavy atom. The number of rotatable bonds is 0. The lowest BCUT2D eigenvalue weighted by atomic mass is 9.87. The van der Waals surface area contributed by atoms with Gasteiger partial charge in [0.2, 0.25) is 0 Å². The zero-order chi connectivity index (χ0) is 9.46. The highest BCUT2D eigenvalue weighted by atomic mass is 19.2. The Labute approximate surface area is 67.1 Å². The van der Waals surface area contributed by atoms with Crippen LogP contribution in [0.5, 0.6) is 0 Å². The second-order valence-corrected chi connectivity index (χ2v) is 2.85.